The number of nitrogens with two attached hydrogens (primary N) is 1. The Morgan fingerprint density at radius 3 is 2.14 bits per heavy atom. The van der Waals surface area contributed by atoms with Crippen LogP contribution in [0.5, 0.6) is 0 Å². The van der Waals surface area contributed by atoms with Crippen molar-refractivity contribution in [3.63, 3.8) is 0 Å². The van der Waals surface area contributed by atoms with Crippen molar-refractivity contribution in [2.45, 2.75) is 71.1 Å². The monoisotopic (exact) mass is 293 g/mol. The molecule has 1 aromatic carbocycles. The summed E-state index contributed by atoms with van der Waals surface area (Å²) >= 11 is 0. The number of carbonyl (C=O) groups excluding carboxylic acids is 1. The fourth-order valence-electron chi connectivity index (χ4n) is 2.44. The highest BCUT2D eigenvalue weighted by Crippen LogP contribution is 2.16. The van der Waals surface area contributed by atoms with Crippen LogP contribution in [0.2, 0.25) is 0 Å². The van der Waals surface area contributed by atoms with Crippen molar-refractivity contribution in [3.8, 4) is 0 Å². The maximum atomic E-state index is 13.3. The number of carbonyl (C=O) groups is 1. The molecule has 1 rings (SSSR count). The maximum absolute atomic E-state index is 13.3. The van der Waals surface area contributed by atoms with Gasteiger partial charge in [-0.2, -0.15) is 0 Å². The minimum absolute atomic E-state index is 0.0110. The topological polar surface area (TPSA) is 43.1 Å². The predicted molar refractivity (Wildman–Crippen MR) is 87.0 cm³/mol. The number of Topliss-reactive ketones (excluding diaryl/α,β-unsaturated/α-hetero) is 1. The van der Waals surface area contributed by atoms with Gasteiger partial charge in [0.15, 0.2) is 5.78 Å². The van der Waals surface area contributed by atoms with Crippen molar-refractivity contribution >= 4 is 11.5 Å². The van der Waals surface area contributed by atoms with Crippen molar-refractivity contribution in [2.75, 3.05) is 5.73 Å². The van der Waals surface area contributed by atoms with E-state index in [1.54, 1.807) is 6.07 Å². The quantitative estimate of drug-likeness (QED) is 0.332. The summed E-state index contributed by atoms with van der Waals surface area (Å²) in [6, 6.07) is 4.30. The Bertz CT molecular complexity index is 431. The summed E-state index contributed by atoms with van der Waals surface area (Å²) in [6.07, 6.45) is 11.5. The summed E-state index contributed by atoms with van der Waals surface area (Å²) < 4.78 is 13.3. The smallest absolute Gasteiger partial charge is 0.162 e. The van der Waals surface area contributed by atoms with E-state index in [1.165, 1.54) is 57.1 Å². The Kier molecular flexibility index (Phi) is 8.72. The average molecular weight is 293 g/mol. The fraction of sp³-hybridized carbons (Fsp3) is 0.611. The Hall–Kier alpha value is -1.38. The van der Waals surface area contributed by atoms with Crippen LogP contribution < -0.4 is 5.73 Å². The minimum Gasteiger partial charge on any atom is -0.396 e. The molecule has 0 saturated heterocycles. The molecular formula is C18H28FNO. The molecule has 0 aliphatic carbocycles. The lowest BCUT2D eigenvalue weighted by Gasteiger charge is -2.04. The summed E-state index contributed by atoms with van der Waals surface area (Å²) in [4.78, 5) is 11.9. The van der Waals surface area contributed by atoms with Gasteiger partial charge >= 0.3 is 0 Å². The van der Waals surface area contributed by atoms with Gasteiger partial charge in [-0.3, -0.25) is 4.79 Å². The number of nitrogen functional groups attached to an aromatic ring is 1. The third-order valence-corrected chi connectivity index (χ3v) is 3.83. The lowest BCUT2D eigenvalue weighted by Crippen LogP contribution is -2.01. The number of halogens is 1. The van der Waals surface area contributed by atoms with Crippen molar-refractivity contribution < 1.29 is 9.18 Å². The molecule has 0 atom stereocenters. The normalized spacial score (nSPS) is 10.8. The van der Waals surface area contributed by atoms with Crippen LogP contribution in [-0.2, 0) is 0 Å². The van der Waals surface area contributed by atoms with Crippen LogP contribution in [0.25, 0.3) is 0 Å². The summed E-state index contributed by atoms with van der Waals surface area (Å²) in [6.45, 7) is 2.23. The van der Waals surface area contributed by atoms with E-state index in [0.717, 1.165) is 12.8 Å². The van der Waals surface area contributed by atoms with E-state index >= 15 is 0 Å². The zero-order valence-electron chi connectivity index (χ0n) is 13.2. The molecule has 0 aliphatic heterocycles. The second-order valence-corrected chi connectivity index (χ2v) is 5.74. The first-order chi connectivity index (χ1) is 10.1. The number of rotatable bonds is 11. The van der Waals surface area contributed by atoms with Gasteiger partial charge in [-0.1, -0.05) is 58.3 Å². The molecule has 0 amide bonds. The lowest BCUT2D eigenvalue weighted by atomic mass is 10.0. The van der Waals surface area contributed by atoms with E-state index in [4.69, 9.17) is 5.73 Å². The molecule has 118 valence electrons. The standard InChI is InChI=1S/C18H28FNO/c1-2-3-4-5-6-7-8-9-10-11-18(21)15-12-13-17(20)16(19)14-15/h12-14H,2-11,20H2,1H3. The zero-order valence-corrected chi connectivity index (χ0v) is 13.2. The molecule has 0 heterocycles. The summed E-state index contributed by atoms with van der Waals surface area (Å²) in [5.41, 5.74) is 5.93. The van der Waals surface area contributed by atoms with Crippen molar-refractivity contribution in [1.82, 2.24) is 0 Å². The van der Waals surface area contributed by atoms with Crippen molar-refractivity contribution in [1.29, 1.82) is 0 Å². The molecule has 0 saturated carbocycles. The summed E-state index contributed by atoms with van der Waals surface area (Å²) in [5.74, 6) is -0.496. The number of hydrogen-bond donors (Lipinski definition) is 1. The molecule has 2 N–H and O–H groups in total. The molecule has 0 bridgehead atoms. The molecular weight excluding hydrogens is 265 g/mol. The molecule has 0 unspecified atom stereocenters. The zero-order chi connectivity index (χ0) is 15.5. The predicted octanol–water partition coefficient (Wildman–Crippen LogP) is 5.51. The van der Waals surface area contributed by atoms with Crippen LogP contribution in [0.1, 0.15) is 81.5 Å². The SMILES string of the molecule is CCCCCCCCCCCC(=O)c1ccc(N)c(F)c1. The third kappa shape index (κ3) is 7.26. The van der Waals surface area contributed by atoms with Crippen LogP contribution in [0.3, 0.4) is 0 Å². The first kappa shape index (κ1) is 17.7. The van der Waals surface area contributed by atoms with Crippen LogP contribution in [0.4, 0.5) is 10.1 Å². The fourth-order valence-corrected chi connectivity index (χ4v) is 2.44. The summed E-state index contributed by atoms with van der Waals surface area (Å²) in [5, 5.41) is 0. The lowest BCUT2D eigenvalue weighted by molar-refractivity contribution is 0.0978. The second-order valence-electron chi connectivity index (χ2n) is 5.74. The Labute approximate surface area is 127 Å². The number of benzene rings is 1. The average Bonchev–Trinajstić information content (AvgIpc) is 2.48. The molecule has 21 heavy (non-hydrogen) atoms. The van der Waals surface area contributed by atoms with E-state index in [0.29, 0.717) is 12.0 Å². The summed E-state index contributed by atoms with van der Waals surface area (Å²) in [7, 11) is 0. The van der Waals surface area contributed by atoms with Crippen LogP contribution in [0, 0.1) is 5.82 Å². The molecule has 0 aliphatic rings. The first-order valence-corrected chi connectivity index (χ1v) is 8.23. The molecule has 3 heteroatoms. The molecule has 0 fully saturated rings. The number of ketones is 1. The molecule has 0 spiro atoms. The van der Waals surface area contributed by atoms with Gasteiger partial charge in [0, 0.05) is 12.0 Å². The van der Waals surface area contributed by atoms with Gasteiger partial charge in [0.25, 0.3) is 0 Å². The molecule has 1 aromatic rings. The second kappa shape index (κ2) is 10.4. The highest BCUT2D eigenvalue weighted by atomic mass is 19.1. The van der Waals surface area contributed by atoms with E-state index in [1.807, 2.05) is 0 Å². The highest BCUT2D eigenvalue weighted by Gasteiger charge is 2.08. The van der Waals surface area contributed by atoms with Gasteiger partial charge < -0.3 is 5.73 Å². The van der Waals surface area contributed by atoms with E-state index in [2.05, 4.69) is 6.92 Å². The highest BCUT2D eigenvalue weighted by molar-refractivity contribution is 5.96. The molecule has 0 radical (unpaired) electrons. The van der Waals surface area contributed by atoms with Crippen molar-refractivity contribution in [3.05, 3.63) is 29.6 Å². The Balaban J connectivity index is 2.09. The van der Waals surface area contributed by atoms with Crippen LogP contribution in [0.15, 0.2) is 18.2 Å². The maximum Gasteiger partial charge on any atom is 0.162 e. The van der Waals surface area contributed by atoms with E-state index in [9.17, 15) is 9.18 Å². The van der Waals surface area contributed by atoms with Gasteiger partial charge in [-0.25, -0.2) is 4.39 Å². The van der Waals surface area contributed by atoms with Crippen LogP contribution in [-0.4, -0.2) is 5.78 Å². The third-order valence-electron chi connectivity index (χ3n) is 3.83. The Morgan fingerprint density at radius 2 is 1.57 bits per heavy atom. The molecule has 0 aromatic heterocycles. The van der Waals surface area contributed by atoms with E-state index in [-0.39, 0.29) is 11.5 Å². The van der Waals surface area contributed by atoms with Crippen LogP contribution >= 0.6 is 0 Å². The van der Waals surface area contributed by atoms with Gasteiger partial charge in [0.1, 0.15) is 5.82 Å². The van der Waals surface area contributed by atoms with Gasteiger partial charge in [-0.05, 0) is 24.6 Å². The number of anilines is 1. The van der Waals surface area contributed by atoms with E-state index < -0.39 is 5.82 Å². The minimum atomic E-state index is -0.507. The van der Waals surface area contributed by atoms with Crippen molar-refractivity contribution in [2.24, 2.45) is 0 Å². The number of unbranched alkanes of at least 4 members (excludes halogenated alkanes) is 8. The van der Waals surface area contributed by atoms with Gasteiger partial charge in [0.2, 0.25) is 0 Å². The first-order valence-electron chi connectivity index (χ1n) is 8.23. The Morgan fingerprint density at radius 1 is 1.00 bits per heavy atom. The molecule has 2 nitrogen and oxygen atoms in total. The van der Waals surface area contributed by atoms with Gasteiger partial charge in [-0.15, -0.1) is 0 Å². The largest absolute Gasteiger partial charge is 0.396 e. The number of hydrogen-bond acceptors (Lipinski definition) is 2. The van der Waals surface area contributed by atoms with Gasteiger partial charge in [0.05, 0.1) is 5.69 Å².